The third kappa shape index (κ3) is 4.52. The molecule has 0 radical (unpaired) electrons. The van der Waals surface area contributed by atoms with Crippen molar-refractivity contribution in [2.75, 3.05) is 19.7 Å². The number of amides is 1. The van der Waals surface area contributed by atoms with Crippen molar-refractivity contribution in [2.45, 2.75) is 58.5 Å². The summed E-state index contributed by atoms with van der Waals surface area (Å²) in [5.74, 6) is 0.316. The first-order chi connectivity index (χ1) is 7.77. The van der Waals surface area contributed by atoms with E-state index in [1.165, 1.54) is 6.42 Å². The van der Waals surface area contributed by atoms with Gasteiger partial charge in [-0.05, 0) is 19.3 Å². The lowest BCUT2D eigenvalue weighted by Gasteiger charge is -2.16. The van der Waals surface area contributed by atoms with E-state index in [9.17, 15) is 4.79 Å². The molecule has 0 aliphatic carbocycles. The van der Waals surface area contributed by atoms with Crippen molar-refractivity contribution < 1.29 is 9.53 Å². The van der Waals surface area contributed by atoms with Crippen molar-refractivity contribution in [1.82, 2.24) is 4.90 Å². The van der Waals surface area contributed by atoms with Crippen LogP contribution in [0.15, 0.2) is 0 Å². The Hall–Kier alpha value is -0.570. The summed E-state index contributed by atoms with van der Waals surface area (Å²) in [4.78, 5) is 13.8. The van der Waals surface area contributed by atoms with E-state index in [0.29, 0.717) is 12.3 Å². The summed E-state index contributed by atoms with van der Waals surface area (Å²) in [5, 5.41) is 0. The van der Waals surface area contributed by atoms with E-state index in [2.05, 4.69) is 13.8 Å². The first-order valence-electron chi connectivity index (χ1n) is 6.67. The number of hydrogen-bond acceptors (Lipinski definition) is 2. The van der Waals surface area contributed by atoms with Gasteiger partial charge < -0.3 is 9.64 Å². The van der Waals surface area contributed by atoms with Crippen LogP contribution in [0.3, 0.4) is 0 Å². The Labute approximate surface area is 99.1 Å². The van der Waals surface area contributed by atoms with Gasteiger partial charge in [0.1, 0.15) is 0 Å². The fourth-order valence-electron chi connectivity index (χ4n) is 2.06. The third-order valence-corrected chi connectivity index (χ3v) is 3.05. The van der Waals surface area contributed by atoms with Crippen molar-refractivity contribution in [3.63, 3.8) is 0 Å². The summed E-state index contributed by atoms with van der Waals surface area (Å²) in [6.45, 7) is 6.80. The molecule has 0 bridgehead atoms. The van der Waals surface area contributed by atoms with Gasteiger partial charge in [-0.2, -0.15) is 0 Å². The molecule has 0 saturated carbocycles. The number of nitrogens with zero attached hydrogens (tertiary/aromatic N) is 1. The Morgan fingerprint density at radius 3 is 2.81 bits per heavy atom. The highest BCUT2D eigenvalue weighted by Crippen LogP contribution is 2.15. The largest absolute Gasteiger partial charge is 0.376 e. The van der Waals surface area contributed by atoms with Crippen LogP contribution in [-0.2, 0) is 9.53 Å². The average Bonchev–Trinajstić information content (AvgIpc) is 2.75. The highest BCUT2D eigenvalue weighted by Gasteiger charge is 2.25. The molecule has 1 rings (SSSR count). The molecule has 1 aliphatic heterocycles. The summed E-state index contributed by atoms with van der Waals surface area (Å²) < 4.78 is 5.66. The molecule has 1 amide bonds. The quantitative estimate of drug-likeness (QED) is 0.626. The highest BCUT2D eigenvalue weighted by atomic mass is 16.5. The number of likely N-dealkylation sites (tertiary alicyclic amines) is 1. The summed E-state index contributed by atoms with van der Waals surface area (Å²) >= 11 is 0. The van der Waals surface area contributed by atoms with Crippen molar-refractivity contribution in [1.29, 1.82) is 0 Å². The van der Waals surface area contributed by atoms with E-state index in [0.717, 1.165) is 45.4 Å². The van der Waals surface area contributed by atoms with Gasteiger partial charge in [-0.1, -0.05) is 26.7 Å². The van der Waals surface area contributed by atoms with Crippen LogP contribution in [0.4, 0.5) is 0 Å². The first kappa shape index (κ1) is 13.5. The monoisotopic (exact) mass is 227 g/mol. The van der Waals surface area contributed by atoms with Crippen LogP contribution in [0.5, 0.6) is 0 Å². The Morgan fingerprint density at radius 2 is 2.12 bits per heavy atom. The van der Waals surface area contributed by atoms with Gasteiger partial charge in [0.25, 0.3) is 0 Å². The maximum Gasteiger partial charge on any atom is 0.222 e. The Kier molecular flexibility index (Phi) is 6.46. The van der Waals surface area contributed by atoms with E-state index >= 15 is 0 Å². The lowest BCUT2D eigenvalue weighted by atomic mass is 10.2. The standard InChI is InChI=1S/C13H25NO2/c1-3-5-6-7-13(15)14-9-8-12(11-14)16-10-4-2/h12H,3-11H2,1-2H3/t12-/m0/s1. The molecular formula is C13H25NO2. The van der Waals surface area contributed by atoms with E-state index in [1.807, 2.05) is 4.90 Å². The maximum atomic E-state index is 11.8. The van der Waals surface area contributed by atoms with Gasteiger partial charge in [0.05, 0.1) is 6.10 Å². The molecule has 1 atom stereocenters. The minimum atomic E-state index is 0.287. The number of ether oxygens (including phenoxy) is 1. The van der Waals surface area contributed by atoms with E-state index in [-0.39, 0.29) is 6.10 Å². The maximum absolute atomic E-state index is 11.8. The molecule has 0 aromatic carbocycles. The van der Waals surface area contributed by atoms with E-state index in [4.69, 9.17) is 4.74 Å². The minimum absolute atomic E-state index is 0.287. The number of carbonyl (C=O) groups is 1. The minimum Gasteiger partial charge on any atom is -0.376 e. The summed E-state index contributed by atoms with van der Waals surface area (Å²) in [6.07, 6.45) is 6.45. The second kappa shape index (κ2) is 7.66. The molecule has 3 nitrogen and oxygen atoms in total. The van der Waals surface area contributed by atoms with Crippen molar-refractivity contribution in [2.24, 2.45) is 0 Å². The Bertz CT molecular complexity index is 206. The summed E-state index contributed by atoms with van der Waals surface area (Å²) in [6, 6.07) is 0. The zero-order chi connectivity index (χ0) is 11.8. The Balaban J connectivity index is 2.16. The van der Waals surface area contributed by atoms with Crippen LogP contribution in [0.25, 0.3) is 0 Å². The van der Waals surface area contributed by atoms with Gasteiger partial charge >= 0.3 is 0 Å². The molecule has 94 valence electrons. The SMILES string of the molecule is CCCCCC(=O)N1CC[C@H](OCCC)C1. The fourth-order valence-corrected chi connectivity index (χ4v) is 2.06. The number of hydrogen-bond donors (Lipinski definition) is 0. The lowest BCUT2D eigenvalue weighted by molar-refractivity contribution is -0.130. The topological polar surface area (TPSA) is 29.5 Å². The van der Waals surface area contributed by atoms with Gasteiger partial charge in [0, 0.05) is 26.1 Å². The normalized spacial score (nSPS) is 20.4. The highest BCUT2D eigenvalue weighted by molar-refractivity contribution is 5.76. The molecular weight excluding hydrogens is 202 g/mol. The van der Waals surface area contributed by atoms with Gasteiger partial charge in [0.2, 0.25) is 5.91 Å². The molecule has 0 aromatic heterocycles. The van der Waals surface area contributed by atoms with Gasteiger partial charge in [-0.25, -0.2) is 0 Å². The van der Waals surface area contributed by atoms with Crippen molar-refractivity contribution in [3.05, 3.63) is 0 Å². The predicted octanol–water partition coefficient (Wildman–Crippen LogP) is 2.59. The second-order valence-corrected chi connectivity index (χ2v) is 4.58. The summed E-state index contributed by atoms with van der Waals surface area (Å²) in [5.41, 5.74) is 0. The molecule has 16 heavy (non-hydrogen) atoms. The number of carbonyl (C=O) groups excluding carboxylic acids is 1. The molecule has 0 aromatic rings. The van der Waals surface area contributed by atoms with Crippen LogP contribution >= 0.6 is 0 Å². The third-order valence-electron chi connectivity index (χ3n) is 3.05. The zero-order valence-corrected chi connectivity index (χ0v) is 10.7. The van der Waals surface area contributed by atoms with Gasteiger partial charge in [0.15, 0.2) is 0 Å². The molecule has 1 heterocycles. The lowest BCUT2D eigenvalue weighted by Crippen LogP contribution is -2.30. The Morgan fingerprint density at radius 1 is 1.31 bits per heavy atom. The second-order valence-electron chi connectivity index (χ2n) is 4.58. The smallest absolute Gasteiger partial charge is 0.222 e. The number of unbranched alkanes of at least 4 members (excludes halogenated alkanes) is 2. The van der Waals surface area contributed by atoms with Crippen LogP contribution in [0.2, 0.25) is 0 Å². The van der Waals surface area contributed by atoms with Crippen LogP contribution in [0.1, 0.15) is 52.4 Å². The van der Waals surface area contributed by atoms with E-state index in [1.54, 1.807) is 0 Å². The molecule has 1 saturated heterocycles. The van der Waals surface area contributed by atoms with Crippen molar-refractivity contribution in [3.8, 4) is 0 Å². The average molecular weight is 227 g/mol. The van der Waals surface area contributed by atoms with Crippen LogP contribution in [-0.4, -0.2) is 36.6 Å². The first-order valence-corrected chi connectivity index (χ1v) is 6.67. The van der Waals surface area contributed by atoms with Crippen molar-refractivity contribution >= 4 is 5.91 Å². The van der Waals surface area contributed by atoms with Crippen LogP contribution < -0.4 is 0 Å². The summed E-state index contributed by atoms with van der Waals surface area (Å²) in [7, 11) is 0. The zero-order valence-electron chi connectivity index (χ0n) is 10.7. The molecule has 1 aliphatic rings. The molecule has 0 unspecified atom stereocenters. The number of rotatable bonds is 7. The molecule has 0 spiro atoms. The molecule has 1 fully saturated rings. The van der Waals surface area contributed by atoms with Crippen LogP contribution in [0, 0.1) is 0 Å². The van der Waals surface area contributed by atoms with E-state index < -0.39 is 0 Å². The predicted molar refractivity (Wildman–Crippen MR) is 65.4 cm³/mol. The van der Waals surface area contributed by atoms with Gasteiger partial charge in [-0.3, -0.25) is 4.79 Å². The van der Waals surface area contributed by atoms with Gasteiger partial charge in [-0.15, -0.1) is 0 Å². The fraction of sp³-hybridized carbons (Fsp3) is 0.923. The molecule has 3 heteroatoms. The molecule has 0 N–H and O–H groups in total.